The predicted molar refractivity (Wildman–Crippen MR) is 62.4 cm³/mol. The molecule has 0 unspecified atom stereocenters. The number of piperidine rings is 1. The van der Waals surface area contributed by atoms with Crippen molar-refractivity contribution in [1.82, 2.24) is 5.01 Å². The van der Waals surface area contributed by atoms with Gasteiger partial charge in [0, 0.05) is 13.1 Å². The summed E-state index contributed by atoms with van der Waals surface area (Å²) < 4.78 is 27.1. The first kappa shape index (κ1) is 12.8. The first-order chi connectivity index (χ1) is 8.59. The van der Waals surface area contributed by atoms with Crippen molar-refractivity contribution in [2.24, 2.45) is 0 Å². The number of carbonyl (C=O) groups is 1. The van der Waals surface area contributed by atoms with Gasteiger partial charge in [-0.15, -0.1) is 0 Å². The Morgan fingerprint density at radius 3 is 2.44 bits per heavy atom. The smallest absolute Gasteiger partial charge is 0.338 e. The number of hydrazine groups is 1. The van der Waals surface area contributed by atoms with E-state index >= 15 is 0 Å². The van der Waals surface area contributed by atoms with Crippen LogP contribution in [0.3, 0.4) is 0 Å². The van der Waals surface area contributed by atoms with E-state index in [2.05, 4.69) is 5.43 Å². The standard InChI is InChI=1S/C12H14F2N2O2/c13-10-8(12(17)18)4-5-9(11(10)14)15-16-6-2-1-3-7-16/h4-5,15H,1-3,6-7H2,(H,17,18). The minimum atomic E-state index is -1.48. The van der Waals surface area contributed by atoms with Crippen LogP contribution in [0.25, 0.3) is 0 Å². The van der Waals surface area contributed by atoms with Crippen molar-refractivity contribution in [3.8, 4) is 0 Å². The van der Waals surface area contributed by atoms with Crippen LogP contribution in [-0.4, -0.2) is 29.2 Å². The first-order valence-corrected chi connectivity index (χ1v) is 5.82. The van der Waals surface area contributed by atoms with Crippen molar-refractivity contribution in [2.45, 2.75) is 19.3 Å². The molecule has 1 aromatic carbocycles. The maximum Gasteiger partial charge on any atom is 0.338 e. The normalized spacial score (nSPS) is 16.6. The minimum Gasteiger partial charge on any atom is -0.478 e. The largest absolute Gasteiger partial charge is 0.478 e. The molecule has 0 spiro atoms. The molecule has 18 heavy (non-hydrogen) atoms. The molecular formula is C12H14F2N2O2. The molecule has 2 rings (SSSR count). The molecule has 1 fully saturated rings. The van der Waals surface area contributed by atoms with Crippen molar-refractivity contribution in [1.29, 1.82) is 0 Å². The summed E-state index contributed by atoms with van der Waals surface area (Å²) in [5.74, 6) is -3.96. The van der Waals surface area contributed by atoms with Crippen LogP contribution in [0.15, 0.2) is 12.1 Å². The SMILES string of the molecule is O=C(O)c1ccc(NN2CCCCC2)c(F)c1F. The molecule has 1 heterocycles. The van der Waals surface area contributed by atoms with Crippen molar-refractivity contribution >= 4 is 11.7 Å². The lowest BCUT2D eigenvalue weighted by molar-refractivity contribution is 0.0690. The first-order valence-electron chi connectivity index (χ1n) is 5.82. The van der Waals surface area contributed by atoms with Crippen molar-refractivity contribution < 1.29 is 18.7 Å². The van der Waals surface area contributed by atoms with E-state index in [1.807, 2.05) is 5.01 Å². The van der Waals surface area contributed by atoms with Gasteiger partial charge in [-0.2, -0.15) is 0 Å². The number of aromatic carboxylic acids is 1. The van der Waals surface area contributed by atoms with Crippen LogP contribution in [0.4, 0.5) is 14.5 Å². The second kappa shape index (κ2) is 5.30. The molecule has 0 saturated carbocycles. The number of nitrogens with one attached hydrogen (secondary N) is 1. The fraction of sp³-hybridized carbons (Fsp3) is 0.417. The number of halogens is 2. The van der Waals surface area contributed by atoms with Crippen LogP contribution < -0.4 is 5.43 Å². The summed E-state index contributed by atoms with van der Waals surface area (Å²) in [6, 6.07) is 2.31. The molecule has 98 valence electrons. The highest BCUT2D eigenvalue weighted by atomic mass is 19.2. The van der Waals surface area contributed by atoms with Crippen LogP contribution in [0.5, 0.6) is 0 Å². The van der Waals surface area contributed by atoms with Gasteiger partial charge >= 0.3 is 5.97 Å². The maximum atomic E-state index is 13.6. The number of rotatable bonds is 3. The Bertz CT molecular complexity index is 460. The van der Waals surface area contributed by atoms with Crippen LogP contribution >= 0.6 is 0 Å². The summed E-state index contributed by atoms with van der Waals surface area (Å²) in [5.41, 5.74) is 2.10. The van der Waals surface area contributed by atoms with Gasteiger partial charge in [-0.1, -0.05) is 6.42 Å². The number of hydrogen-bond donors (Lipinski definition) is 2. The third-order valence-electron chi connectivity index (χ3n) is 2.95. The van der Waals surface area contributed by atoms with E-state index in [0.717, 1.165) is 38.4 Å². The van der Waals surface area contributed by atoms with E-state index < -0.39 is 23.2 Å². The molecule has 0 bridgehead atoms. The Balaban J connectivity index is 2.18. The average molecular weight is 256 g/mol. The summed E-state index contributed by atoms with van der Waals surface area (Å²) in [7, 11) is 0. The zero-order valence-electron chi connectivity index (χ0n) is 9.75. The Hall–Kier alpha value is -1.69. The molecule has 2 N–H and O–H groups in total. The topological polar surface area (TPSA) is 52.6 Å². The highest BCUT2D eigenvalue weighted by molar-refractivity contribution is 5.88. The highest BCUT2D eigenvalue weighted by Crippen LogP contribution is 2.22. The third kappa shape index (κ3) is 2.59. The lowest BCUT2D eigenvalue weighted by Crippen LogP contribution is -2.35. The molecule has 6 heteroatoms. The van der Waals surface area contributed by atoms with Crippen LogP contribution in [0, 0.1) is 11.6 Å². The van der Waals surface area contributed by atoms with Crippen molar-refractivity contribution in [2.75, 3.05) is 18.5 Å². The minimum absolute atomic E-state index is 0.0283. The second-order valence-electron chi connectivity index (χ2n) is 4.25. The van der Waals surface area contributed by atoms with E-state index in [4.69, 9.17) is 5.11 Å². The summed E-state index contributed by atoms with van der Waals surface area (Å²) in [6.45, 7) is 1.53. The molecule has 1 saturated heterocycles. The lowest BCUT2D eigenvalue weighted by Gasteiger charge is -2.28. The molecule has 1 aliphatic rings. The van der Waals surface area contributed by atoms with Gasteiger partial charge < -0.3 is 10.5 Å². The number of benzene rings is 1. The number of hydrogen-bond acceptors (Lipinski definition) is 3. The van der Waals surface area contributed by atoms with Crippen molar-refractivity contribution in [3.63, 3.8) is 0 Å². The van der Waals surface area contributed by atoms with Gasteiger partial charge in [0.05, 0.1) is 11.3 Å². The molecule has 0 atom stereocenters. The molecular weight excluding hydrogens is 242 g/mol. The Morgan fingerprint density at radius 1 is 1.17 bits per heavy atom. The average Bonchev–Trinajstić information content (AvgIpc) is 2.36. The summed E-state index contributed by atoms with van der Waals surface area (Å²) in [5, 5.41) is 10.5. The fourth-order valence-corrected chi connectivity index (χ4v) is 1.98. The molecule has 0 aliphatic carbocycles. The van der Waals surface area contributed by atoms with Gasteiger partial charge in [0.25, 0.3) is 0 Å². The Morgan fingerprint density at radius 2 is 1.83 bits per heavy atom. The summed E-state index contributed by atoms with van der Waals surface area (Å²) >= 11 is 0. The second-order valence-corrected chi connectivity index (χ2v) is 4.25. The van der Waals surface area contributed by atoms with E-state index in [1.54, 1.807) is 0 Å². The lowest BCUT2D eigenvalue weighted by atomic mass is 10.1. The zero-order chi connectivity index (χ0) is 13.1. The van der Waals surface area contributed by atoms with E-state index in [-0.39, 0.29) is 5.69 Å². The van der Waals surface area contributed by atoms with E-state index in [9.17, 15) is 13.6 Å². The molecule has 0 amide bonds. The molecule has 4 nitrogen and oxygen atoms in total. The van der Waals surface area contributed by atoms with Crippen molar-refractivity contribution in [3.05, 3.63) is 29.3 Å². The van der Waals surface area contributed by atoms with Gasteiger partial charge in [-0.25, -0.2) is 18.6 Å². The fourth-order valence-electron chi connectivity index (χ4n) is 1.98. The highest BCUT2D eigenvalue weighted by Gasteiger charge is 2.19. The quantitative estimate of drug-likeness (QED) is 0.872. The molecule has 0 aromatic heterocycles. The van der Waals surface area contributed by atoms with Crippen LogP contribution in [-0.2, 0) is 0 Å². The molecule has 0 radical (unpaired) electrons. The van der Waals surface area contributed by atoms with Gasteiger partial charge in [-0.05, 0) is 25.0 Å². The van der Waals surface area contributed by atoms with Crippen LogP contribution in [0.2, 0.25) is 0 Å². The molecule has 1 aromatic rings. The predicted octanol–water partition coefficient (Wildman–Crippen LogP) is 2.48. The van der Waals surface area contributed by atoms with E-state index in [0.29, 0.717) is 0 Å². The Kier molecular flexibility index (Phi) is 3.76. The number of nitrogens with zero attached hydrogens (tertiary/aromatic N) is 1. The zero-order valence-corrected chi connectivity index (χ0v) is 9.75. The third-order valence-corrected chi connectivity index (χ3v) is 2.95. The summed E-state index contributed by atoms with van der Waals surface area (Å²) in [4.78, 5) is 10.6. The summed E-state index contributed by atoms with van der Waals surface area (Å²) in [6.07, 6.45) is 3.14. The van der Waals surface area contributed by atoms with Gasteiger partial charge in [0.15, 0.2) is 11.6 Å². The monoisotopic (exact) mass is 256 g/mol. The van der Waals surface area contributed by atoms with Crippen LogP contribution in [0.1, 0.15) is 29.6 Å². The number of carboxylic acids is 1. The number of anilines is 1. The van der Waals surface area contributed by atoms with Gasteiger partial charge in [0.1, 0.15) is 0 Å². The Labute approximate surface area is 103 Å². The maximum absolute atomic E-state index is 13.6. The van der Waals surface area contributed by atoms with Gasteiger partial charge in [0.2, 0.25) is 0 Å². The van der Waals surface area contributed by atoms with Gasteiger partial charge in [-0.3, -0.25) is 0 Å². The molecule has 1 aliphatic heterocycles. The number of carboxylic acid groups (broad SMARTS) is 1. The van der Waals surface area contributed by atoms with E-state index in [1.165, 1.54) is 6.07 Å².